The monoisotopic (exact) mass is 424 g/mol. The van der Waals surface area contributed by atoms with Crippen LogP contribution >= 0.6 is 0 Å². The van der Waals surface area contributed by atoms with E-state index in [1.54, 1.807) is 14.0 Å². The van der Waals surface area contributed by atoms with Crippen LogP contribution < -0.4 is 15.6 Å². The van der Waals surface area contributed by atoms with Crippen LogP contribution in [0.3, 0.4) is 0 Å². The molecule has 0 radical (unpaired) electrons. The molecule has 1 aliphatic heterocycles. The number of nitrogens with one attached hydrogen (secondary N) is 2. The molecule has 0 amide bonds. The summed E-state index contributed by atoms with van der Waals surface area (Å²) in [5.41, 5.74) is 2.45. The Bertz CT molecular complexity index is 1070. The lowest BCUT2D eigenvalue weighted by atomic mass is 10.1. The smallest absolute Gasteiger partial charge is 0.255 e. The number of aromatic nitrogens is 6. The number of nitrogens with zero attached hydrogens (tertiary/aromatic N) is 6. The Kier molecular flexibility index (Phi) is 6.26. The molecule has 1 saturated heterocycles. The van der Waals surface area contributed by atoms with Gasteiger partial charge in [-0.3, -0.25) is 14.7 Å². The lowest BCUT2D eigenvalue weighted by Gasteiger charge is -2.32. The summed E-state index contributed by atoms with van der Waals surface area (Å²) >= 11 is 0. The molecule has 0 atom stereocenters. The molecule has 1 aliphatic rings. The molecule has 31 heavy (non-hydrogen) atoms. The zero-order valence-electron chi connectivity index (χ0n) is 18.1. The molecule has 0 saturated carbocycles. The first-order valence-corrected chi connectivity index (χ1v) is 10.5. The third-order valence-corrected chi connectivity index (χ3v) is 5.79. The van der Waals surface area contributed by atoms with Crippen molar-refractivity contribution in [1.82, 2.24) is 35.1 Å². The molecule has 4 rings (SSSR count). The SMILES string of the molecule is COc1ccc(Cn2nnnc2CN2CCC(Nc3nc(C)c(C)c(=O)[nH]3)CC2)cc1. The fraction of sp³-hybridized carbons (Fsp3) is 0.476. The highest BCUT2D eigenvalue weighted by Gasteiger charge is 2.22. The van der Waals surface area contributed by atoms with Gasteiger partial charge < -0.3 is 10.1 Å². The van der Waals surface area contributed by atoms with Crippen LogP contribution in [-0.4, -0.2) is 61.3 Å². The molecule has 10 nitrogen and oxygen atoms in total. The second-order valence-corrected chi connectivity index (χ2v) is 7.92. The second kappa shape index (κ2) is 9.25. The first-order chi connectivity index (χ1) is 15.0. The van der Waals surface area contributed by atoms with Gasteiger partial charge in [-0.25, -0.2) is 9.67 Å². The summed E-state index contributed by atoms with van der Waals surface area (Å²) in [6.45, 7) is 6.80. The molecule has 0 spiro atoms. The number of tetrazole rings is 1. The quantitative estimate of drug-likeness (QED) is 0.587. The van der Waals surface area contributed by atoms with E-state index in [9.17, 15) is 4.79 Å². The van der Waals surface area contributed by atoms with Crippen LogP contribution in [-0.2, 0) is 13.1 Å². The molecule has 10 heteroatoms. The third-order valence-electron chi connectivity index (χ3n) is 5.79. The van der Waals surface area contributed by atoms with E-state index < -0.39 is 0 Å². The van der Waals surface area contributed by atoms with Crippen molar-refractivity contribution >= 4 is 5.95 Å². The Hall–Kier alpha value is -3.27. The third kappa shape index (κ3) is 5.08. The topological polar surface area (TPSA) is 114 Å². The summed E-state index contributed by atoms with van der Waals surface area (Å²) in [6.07, 6.45) is 1.91. The van der Waals surface area contributed by atoms with Gasteiger partial charge in [-0.05, 0) is 54.8 Å². The number of piperidine rings is 1. The van der Waals surface area contributed by atoms with Crippen LogP contribution in [0.2, 0.25) is 0 Å². The first-order valence-electron chi connectivity index (χ1n) is 10.5. The van der Waals surface area contributed by atoms with E-state index in [1.807, 2.05) is 35.9 Å². The summed E-state index contributed by atoms with van der Waals surface area (Å²) in [5.74, 6) is 2.23. The fourth-order valence-corrected chi connectivity index (χ4v) is 3.71. The highest BCUT2D eigenvalue weighted by Crippen LogP contribution is 2.17. The van der Waals surface area contributed by atoms with Crippen molar-refractivity contribution in [2.45, 2.75) is 45.8 Å². The second-order valence-electron chi connectivity index (χ2n) is 7.92. The Morgan fingerprint density at radius 3 is 2.58 bits per heavy atom. The number of aryl methyl sites for hydroxylation is 1. The fourth-order valence-electron chi connectivity index (χ4n) is 3.71. The molecule has 1 aromatic carbocycles. The van der Waals surface area contributed by atoms with Gasteiger partial charge in [0, 0.05) is 30.4 Å². The van der Waals surface area contributed by atoms with Gasteiger partial charge in [-0.1, -0.05) is 12.1 Å². The molecule has 1 fully saturated rings. The van der Waals surface area contributed by atoms with Crippen molar-refractivity contribution in [3.05, 3.63) is 57.3 Å². The highest BCUT2D eigenvalue weighted by atomic mass is 16.5. The number of hydrogen-bond acceptors (Lipinski definition) is 8. The normalized spacial score (nSPS) is 15.2. The maximum Gasteiger partial charge on any atom is 0.255 e. The largest absolute Gasteiger partial charge is 0.497 e. The van der Waals surface area contributed by atoms with Crippen molar-refractivity contribution in [3.63, 3.8) is 0 Å². The van der Waals surface area contributed by atoms with Gasteiger partial charge in [0.25, 0.3) is 5.56 Å². The number of aromatic amines is 1. The van der Waals surface area contributed by atoms with Crippen LogP contribution in [0.5, 0.6) is 5.75 Å². The van der Waals surface area contributed by atoms with E-state index in [1.165, 1.54) is 0 Å². The van der Waals surface area contributed by atoms with Gasteiger partial charge in [-0.15, -0.1) is 5.10 Å². The zero-order chi connectivity index (χ0) is 21.8. The predicted octanol–water partition coefficient (Wildman–Crippen LogP) is 1.51. The lowest BCUT2D eigenvalue weighted by Crippen LogP contribution is -2.39. The average molecular weight is 425 g/mol. The van der Waals surface area contributed by atoms with E-state index in [2.05, 4.69) is 35.7 Å². The van der Waals surface area contributed by atoms with E-state index in [-0.39, 0.29) is 11.6 Å². The van der Waals surface area contributed by atoms with Gasteiger partial charge in [0.1, 0.15) is 5.75 Å². The van der Waals surface area contributed by atoms with Crippen LogP contribution in [0.4, 0.5) is 5.95 Å². The van der Waals surface area contributed by atoms with E-state index in [0.29, 0.717) is 24.6 Å². The Balaban J connectivity index is 1.31. The number of rotatable bonds is 7. The van der Waals surface area contributed by atoms with Crippen molar-refractivity contribution < 1.29 is 4.74 Å². The van der Waals surface area contributed by atoms with Gasteiger partial charge in [-0.2, -0.15) is 0 Å². The summed E-state index contributed by atoms with van der Waals surface area (Å²) in [7, 11) is 1.66. The van der Waals surface area contributed by atoms with Gasteiger partial charge in [0.15, 0.2) is 5.82 Å². The summed E-state index contributed by atoms with van der Waals surface area (Å²) < 4.78 is 7.05. The Labute approximate surface area is 180 Å². The summed E-state index contributed by atoms with van der Waals surface area (Å²) in [6, 6.07) is 8.19. The summed E-state index contributed by atoms with van der Waals surface area (Å²) in [5, 5.41) is 15.6. The van der Waals surface area contributed by atoms with Crippen molar-refractivity contribution in [2.75, 3.05) is 25.5 Å². The number of hydrogen-bond donors (Lipinski definition) is 2. The van der Waals surface area contributed by atoms with E-state index >= 15 is 0 Å². The number of benzene rings is 1. The molecule has 3 heterocycles. The first kappa shape index (κ1) is 21.0. The van der Waals surface area contributed by atoms with E-state index in [0.717, 1.165) is 48.8 Å². The van der Waals surface area contributed by atoms with Crippen LogP contribution in [0, 0.1) is 13.8 Å². The van der Waals surface area contributed by atoms with Gasteiger partial charge in [0.2, 0.25) is 5.95 Å². The molecule has 2 aromatic heterocycles. The number of methoxy groups -OCH3 is 1. The zero-order valence-corrected chi connectivity index (χ0v) is 18.1. The maximum absolute atomic E-state index is 12.0. The molecule has 164 valence electrons. The maximum atomic E-state index is 12.0. The van der Waals surface area contributed by atoms with E-state index in [4.69, 9.17) is 4.74 Å². The summed E-state index contributed by atoms with van der Waals surface area (Å²) in [4.78, 5) is 21.6. The minimum atomic E-state index is -0.0869. The highest BCUT2D eigenvalue weighted by molar-refractivity contribution is 5.30. The average Bonchev–Trinajstić information content (AvgIpc) is 3.20. The molecule has 3 aromatic rings. The molecular weight excluding hydrogens is 396 g/mol. The minimum absolute atomic E-state index is 0.0869. The standard InChI is InChI=1S/C21H28N8O2/c1-14-15(2)22-21(24-20(14)30)23-17-8-10-28(11-9-17)13-19-25-26-27-29(19)12-16-4-6-18(31-3)7-5-16/h4-7,17H,8-13H2,1-3H3,(H2,22,23,24,30). The number of anilines is 1. The molecule has 0 bridgehead atoms. The molecule has 0 aliphatic carbocycles. The van der Waals surface area contributed by atoms with Gasteiger partial charge in [0.05, 0.1) is 20.2 Å². The number of likely N-dealkylation sites (tertiary alicyclic amines) is 1. The van der Waals surface area contributed by atoms with Crippen molar-refractivity contribution in [3.8, 4) is 5.75 Å². The van der Waals surface area contributed by atoms with Crippen molar-refractivity contribution in [1.29, 1.82) is 0 Å². The van der Waals surface area contributed by atoms with Crippen LogP contribution in [0.15, 0.2) is 29.1 Å². The van der Waals surface area contributed by atoms with Crippen LogP contribution in [0.1, 0.15) is 35.5 Å². The molecule has 0 unspecified atom stereocenters. The number of H-pyrrole nitrogens is 1. The van der Waals surface area contributed by atoms with Gasteiger partial charge >= 0.3 is 0 Å². The lowest BCUT2D eigenvalue weighted by molar-refractivity contribution is 0.203. The number of ether oxygens (including phenoxy) is 1. The molecule has 2 N–H and O–H groups in total. The predicted molar refractivity (Wildman–Crippen MR) is 116 cm³/mol. The van der Waals surface area contributed by atoms with Crippen molar-refractivity contribution in [2.24, 2.45) is 0 Å². The Morgan fingerprint density at radius 2 is 1.90 bits per heavy atom. The Morgan fingerprint density at radius 1 is 1.16 bits per heavy atom. The minimum Gasteiger partial charge on any atom is -0.497 e. The van der Waals surface area contributed by atoms with Crippen LogP contribution in [0.25, 0.3) is 0 Å². The molecular formula is C21H28N8O2.